The van der Waals surface area contributed by atoms with Crippen molar-refractivity contribution >= 4 is 108 Å². The first-order valence-corrected chi connectivity index (χ1v) is 35.9. The maximum atomic E-state index is 13.7. The molecule has 0 saturated carbocycles. The van der Waals surface area contributed by atoms with Crippen molar-refractivity contribution in [1.29, 1.82) is 0 Å². The van der Waals surface area contributed by atoms with Gasteiger partial charge in [-0.1, -0.05) is 80.8 Å². The van der Waals surface area contributed by atoms with E-state index in [0.717, 1.165) is 76.9 Å². The highest BCUT2D eigenvalue weighted by molar-refractivity contribution is 7.90. The molecule has 0 unspecified atom stereocenters. The third-order valence-corrected chi connectivity index (χ3v) is 23.4. The Morgan fingerprint density at radius 2 is 1.23 bits per heavy atom. The Kier molecular flexibility index (Phi) is 20.9. The van der Waals surface area contributed by atoms with E-state index in [1.54, 1.807) is 13.8 Å². The Hall–Kier alpha value is -6.88. The van der Waals surface area contributed by atoms with Crippen molar-refractivity contribution < 1.29 is 51.1 Å². The molecule has 0 atom stereocenters. The Bertz CT molecular complexity index is 4130. The maximum absolute atomic E-state index is 13.7. The molecular formula is C67H83B2N6O10S2Si+. The molecule has 5 N–H and O–H groups in total. The number of anilines is 1. The number of hydrogen-bond donors (Lipinski definition) is 5. The summed E-state index contributed by atoms with van der Waals surface area (Å²) in [5.41, 5.74) is 10.3. The molecule has 1 aliphatic heterocycles. The molecule has 1 aliphatic carbocycles. The van der Waals surface area contributed by atoms with E-state index in [1.165, 1.54) is 60.9 Å². The average molecular weight is 1250 g/mol. The topological polar surface area (TPSA) is 211 Å². The molecule has 462 valence electrons. The van der Waals surface area contributed by atoms with Crippen LogP contribution in [0.15, 0.2) is 160 Å². The normalized spacial score (nSPS) is 13.9. The van der Waals surface area contributed by atoms with E-state index in [1.807, 2.05) is 12.1 Å². The lowest BCUT2D eigenvalue weighted by atomic mass is 9.77. The average Bonchev–Trinajstić information content (AvgIpc) is 1.46. The number of nitrogens with one attached hydrogen (secondary N) is 1. The third-order valence-electron chi connectivity index (χ3n) is 16.9. The van der Waals surface area contributed by atoms with Crippen molar-refractivity contribution in [3.05, 3.63) is 184 Å². The molecular weight excluding hydrogens is 1160 g/mol. The summed E-state index contributed by atoms with van der Waals surface area (Å²) < 4.78 is 56.8. The van der Waals surface area contributed by atoms with Crippen molar-refractivity contribution in [1.82, 2.24) is 19.4 Å². The number of carbonyl (C=O) groups is 2. The summed E-state index contributed by atoms with van der Waals surface area (Å²) in [6.07, 6.45) is 9.74. The van der Waals surface area contributed by atoms with Crippen LogP contribution >= 0.6 is 0 Å². The number of unbranched alkanes of at least 4 members (excludes halogenated alkanes) is 1. The summed E-state index contributed by atoms with van der Waals surface area (Å²) >= 11 is 0. The first kappa shape index (κ1) is 67.1. The van der Waals surface area contributed by atoms with Gasteiger partial charge in [0.1, 0.15) is 22.2 Å². The number of rotatable bonds is 26. The number of sulfonamides is 1. The lowest BCUT2D eigenvalue weighted by Gasteiger charge is -2.38. The fraction of sp³-hybridized carbons (Fsp3) is 0.328. The van der Waals surface area contributed by atoms with Gasteiger partial charge < -0.3 is 30.3 Å². The molecule has 0 saturated heterocycles. The van der Waals surface area contributed by atoms with Gasteiger partial charge in [0.05, 0.1) is 9.79 Å². The van der Waals surface area contributed by atoms with Crippen LogP contribution in [0.5, 0.6) is 0 Å². The predicted molar refractivity (Wildman–Crippen MR) is 361 cm³/mol. The van der Waals surface area contributed by atoms with Crippen LogP contribution in [0.2, 0.25) is 13.1 Å². The standard InChI is InChI=1S/C67H82B2N6O10S2Si/c1-44(2)63(76)21-16-17-33-74(40-47-35-51(86(11,82)83)25-30-61(47)68(78)79)43-60-54-20-15-14-19-53(54)59(42-75(34-18-32-70-67(77)45(3)4)41-48-36-52(87(84,85)73(9)10)26-31-62(48)69(80)81)55-27-22-46(37-58(55)60)66-56-28-23-49(71(5)6)38-64(56)88(12,13)65-39-50(72(7)8)24-29-57(65)66/h14-15,19-20,22-31,35-39,78-81H,1,3,16-18,21,32-34,40-43H2,2,4-13H3/p+1. The molecule has 6 aromatic rings. The molecule has 0 bridgehead atoms. The summed E-state index contributed by atoms with van der Waals surface area (Å²) in [7, 11) is -2.78. The van der Waals surface area contributed by atoms with Gasteiger partial charge in [-0.15, -0.1) is 0 Å². The first-order valence-electron chi connectivity index (χ1n) is 29.6. The van der Waals surface area contributed by atoms with E-state index >= 15 is 0 Å². The van der Waals surface area contributed by atoms with Crippen LogP contribution in [-0.2, 0) is 55.6 Å². The molecule has 0 radical (unpaired) electrons. The minimum atomic E-state index is -3.95. The van der Waals surface area contributed by atoms with Crippen molar-refractivity contribution in [2.24, 2.45) is 0 Å². The maximum Gasteiger partial charge on any atom is 0.488 e. The van der Waals surface area contributed by atoms with E-state index in [9.17, 15) is 46.5 Å². The lowest BCUT2D eigenvalue weighted by molar-refractivity contribution is -0.462. The number of Topliss-reactive ketones (excluding diaryl/α,β-unsaturated/α-hetero) is 1. The number of sulfone groups is 1. The van der Waals surface area contributed by atoms with Gasteiger partial charge in [0.15, 0.2) is 21.3 Å². The van der Waals surface area contributed by atoms with E-state index in [-0.39, 0.29) is 65.0 Å². The van der Waals surface area contributed by atoms with Gasteiger partial charge in [0.2, 0.25) is 15.9 Å². The SMILES string of the molecule is C=C(C)C(=O)CCCCN(Cc1cc(S(C)(=O)=O)ccc1B(O)O)Cc1c2ccccc2c(CN(CCCNC(=O)C(=C)C)Cc2cc(S(=O)(=O)N(C)C)ccc2B(O)O)c2ccc(C3=C4C=CC(=[N+](C)C)C=C4[Si](C)(C)c4cc(N(C)C)ccc43)cc12. The first-order chi connectivity index (χ1) is 41.4. The van der Waals surface area contributed by atoms with Crippen molar-refractivity contribution in [2.45, 2.75) is 88.6 Å². The summed E-state index contributed by atoms with van der Waals surface area (Å²) in [4.78, 5) is 32.2. The second kappa shape index (κ2) is 27.5. The second-order valence-corrected chi connectivity index (χ2v) is 33.0. The number of hydrogen-bond acceptors (Lipinski definition) is 13. The zero-order valence-electron chi connectivity index (χ0n) is 52.6. The minimum Gasteiger partial charge on any atom is -0.423 e. The molecule has 0 fully saturated rings. The van der Waals surface area contributed by atoms with Crippen LogP contribution in [0.25, 0.3) is 27.1 Å². The largest absolute Gasteiger partial charge is 0.488 e. The van der Waals surface area contributed by atoms with Crippen molar-refractivity contribution in [2.75, 3.05) is 73.1 Å². The van der Waals surface area contributed by atoms with Gasteiger partial charge in [0.25, 0.3) is 0 Å². The molecule has 0 aromatic heterocycles. The van der Waals surface area contributed by atoms with Crippen LogP contribution in [0.3, 0.4) is 0 Å². The van der Waals surface area contributed by atoms with Gasteiger partial charge in [-0.25, -0.2) is 25.7 Å². The second-order valence-electron chi connectivity index (χ2n) is 24.5. The van der Waals surface area contributed by atoms with Gasteiger partial charge in [-0.05, 0) is 181 Å². The van der Waals surface area contributed by atoms with Gasteiger partial charge in [-0.2, -0.15) is 0 Å². The fourth-order valence-electron chi connectivity index (χ4n) is 11.9. The van der Waals surface area contributed by atoms with Gasteiger partial charge in [-0.3, -0.25) is 19.4 Å². The third kappa shape index (κ3) is 14.7. The van der Waals surface area contributed by atoms with Crippen LogP contribution in [0, 0.1) is 0 Å². The predicted octanol–water partition coefficient (Wildman–Crippen LogP) is 5.95. The number of nitrogens with zero attached hydrogens (tertiary/aromatic N) is 5. The fourth-order valence-corrected chi connectivity index (χ4v) is 16.6. The number of allylic oxidation sites excluding steroid dienone is 6. The van der Waals surface area contributed by atoms with Gasteiger partial charge in [0, 0.05) is 104 Å². The number of fused-ring (bicyclic) bond motifs is 4. The highest BCUT2D eigenvalue weighted by Crippen LogP contribution is 2.44. The molecule has 8 rings (SSSR count). The quantitative estimate of drug-likeness (QED) is 0.0140. The van der Waals surface area contributed by atoms with Crippen LogP contribution in [0.1, 0.15) is 72.9 Å². The molecule has 0 spiro atoms. The van der Waals surface area contributed by atoms with E-state index in [0.29, 0.717) is 61.2 Å². The Balaban J connectivity index is 1.41. The van der Waals surface area contributed by atoms with Crippen LogP contribution < -0.4 is 26.3 Å². The number of ketones is 1. The molecule has 2 aliphatic rings. The van der Waals surface area contributed by atoms with E-state index in [4.69, 9.17) is 0 Å². The Morgan fingerprint density at radius 1 is 0.659 bits per heavy atom. The highest BCUT2D eigenvalue weighted by Gasteiger charge is 2.41. The van der Waals surface area contributed by atoms with Crippen molar-refractivity contribution in [3.63, 3.8) is 0 Å². The zero-order chi connectivity index (χ0) is 64.3. The number of benzene rings is 6. The number of carbonyl (C=O) groups excluding carboxylic acids is 2. The van der Waals surface area contributed by atoms with E-state index < -0.39 is 42.2 Å². The lowest BCUT2D eigenvalue weighted by Crippen LogP contribution is -2.49. The summed E-state index contributed by atoms with van der Waals surface area (Å²) in [6, 6.07) is 30.1. The summed E-state index contributed by atoms with van der Waals surface area (Å²) in [5.74, 6) is -0.323. The molecule has 21 heteroatoms. The zero-order valence-corrected chi connectivity index (χ0v) is 55.2. The van der Waals surface area contributed by atoms with Crippen LogP contribution in [0.4, 0.5) is 5.69 Å². The minimum absolute atomic E-state index is 0.0146. The highest BCUT2D eigenvalue weighted by atomic mass is 32.2. The molecule has 16 nitrogen and oxygen atoms in total. The number of amides is 1. The molecule has 1 heterocycles. The molecule has 88 heavy (non-hydrogen) atoms. The Labute approximate surface area is 521 Å². The molecule has 1 amide bonds. The van der Waals surface area contributed by atoms with Gasteiger partial charge >= 0.3 is 14.2 Å². The van der Waals surface area contributed by atoms with Crippen molar-refractivity contribution in [3.8, 4) is 0 Å². The summed E-state index contributed by atoms with van der Waals surface area (Å²) in [5, 5.41) is 52.4. The van der Waals surface area contributed by atoms with Crippen LogP contribution in [-0.4, -0.2) is 164 Å². The molecule has 6 aromatic carbocycles. The van der Waals surface area contributed by atoms with E-state index in [2.05, 4.69) is 146 Å². The Morgan fingerprint density at radius 3 is 1.77 bits per heavy atom. The summed E-state index contributed by atoms with van der Waals surface area (Å²) in [6.45, 7) is 17.7. The monoisotopic (exact) mass is 1250 g/mol. The smallest absolute Gasteiger partial charge is 0.423 e.